The van der Waals surface area contributed by atoms with Crippen molar-refractivity contribution in [2.75, 3.05) is 25.6 Å². The van der Waals surface area contributed by atoms with E-state index in [0.29, 0.717) is 19.1 Å². The van der Waals surface area contributed by atoms with Crippen molar-refractivity contribution in [2.24, 2.45) is 0 Å². The Morgan fingerprint density at radius 1 is 1.30 bits per heavy atom. The first-order chi connectivity index (χ1) is 14.7. The van der Waals surface area contributed by atoms with Gasteiger partial charge in [0.1, 0.15) is 23.0 Å². The molecule has 9 heteroatoms. The topological polar surface area (TPSA) is 94.0 Å². The van der Waals surface area contributed by atoms with Crippen molar-refractivity contribution in [3.63, 3.8) is 0 Å². The Hall–Kier alpha value is -2.52. The molecule has 2 N–H and O–H groups in total. The first-order valence-electron chi connectivity index (χ1n) is 10.6. The zero-order valence-electron chi connectivity index (χ0n) is 17.1. The molecule has 1 fully saturated rings. The van der Waals surface area contributed by atoms with Crippen molar-refractivity contribution >= 4 is 39.0 Å². The maximum Gasteiger partial charge on any atom is 0.241 e. The molecular formula is C21H26N6O2S. The maximum absolute atomic E-state index is 12.0. The lowest BCUT2D eigenvalue weighted by molar-refractivity contribution is -0.122. The van der Waals surface area contributed by atoms with Crippen molar-refractivity contribution in [3.05, 3.63) is 28.7 Å². The largest absolute Gasteiger partial charge is 0.383 e. The van der Waals surface area contributed by atoms with Gasteiger partial charge in [-0.05, 0) is 44.1 Å². The number of ether oxygens (including phenoxy) is 1. The summed E-state index contributed by atoms with van der Waals surface area (Å²) in [6, 6.07) is 0. The number of aromatic nitrogens is 4. The lowest BCUT2D eigenvalue weighted by atomic mass is 9.97. The number of aryl methyl sites for hydroxylation is 2. The molecule has 2 aliphatic rings. The summed E-state index contributed by atoms with van der Waals surface area (Å²) in [6.07, 6.45) is 10.6. The molecule has 2 aliphatic carbocycles. The highest BCUT2D eigenvalue weighted by Gasteiger charge is 2.29. The van der Waals surface area contributed by atoms with Gasteiger partial charge in [0.2, 0.25) is 5.91 Å². The predicted octanol–water partition coefficient (Wildman–Crippen LogP) is 3.15. The molecule has 5 rings (SSSR count). The molecular weight excluding hydrogens is 400 g/mol. The maximum atomic E-state index is 12.0. The van der Waals surface area contributed by atoms with E-state index >= 15 is 0 Å². The fourth-order valence-electron chi connectivity index (χ4n) is 3.94. The summed E-state index contributed by atoms with van der Waals surface area (Å²) in [5.41, 5.74) is 2.24. The van der Waals surface area contributed by atoms with Crippen LogP contribution in [0.15, 0.2) is 12.4 Å². The Bertz CT molecular complexity index is 1070. The van der Waals surface area contributed by atoms with E-state index in [1.807, 2.05) is 17.5 Å². The van der Waals surface area contributed by atoms with E-state index < -0.39 is 0 Å². The Labute approximate surface area is 179 Å². The smallest absolute Gasteiger partial charge is 0.241 e. The molecule has 3 aromatic heterocycles. The minimum Gasteiger partial charge on any atom is -0.383 e. The van der Waals surface area contributed by atoms with Gasteiger partial charge in [0.05, 0.1) is 23.9 Å². The molecule has 0 radical (unpaired) electrons. The third-order valence-electron chi connectivity index (χ3n) is 5.60. The van der Waals surface area contributed by atoms with E-state index in [2.05, 4.69) is 15.7 Å². The molecule has 0 spiro atoms. The molecule has 1 saturated carbocycles. The summed E-state index contributed by atoms with van der Waals surface area (Å²) in [5.74, 6) is 2.24. The molecule has 8 nitrogen and oxygen atoms in total. The van der Waals surface area contributed by atoms with Gasteiger partial charge in [-0.2, -0.15) is 5.10 Å². The molecule has 3 heterocycles. The highest BCUT2D eigenvalue weighted by atomic mass is 32.1. The number of nitrogens with zero attached hydrogens (tertiary/aromatic N) is 4. The van der Waals surface area contributed by atoms with E-state index in [0.717, 1.165) is 35.0 Å². The Kier molecular flexibility index (Phi) is 5.39. The summed E-state index contributed by atoms with van der Waals surface area (Å²) in [7, 11) is 1.61. The van der Waals surface area contributed by atoms with Gasteiger partial charge in [-0.3, -0.25) is 9.48 Å². The Balaban J connectivity index is 1.39. The van der Waals surface area contributed by atoms with E-state index in [9.17, 15) is 4.79 Å². The first kappa shape index (κ1) is 19.4. The minimum absolute atomic E-state index is 0.0888. The van der Waals surface area contributed by atoms with Crippen LogP contribution >= 0.6 is 11.3 Å². The number of hydrogen-bond donors (Lipinski definition) is 2. The van der Waals surface area contributed by atoms with Crippen LogP contribution in [0.1, 0.15) is 47.9 Å². The number of anilines is 2. The van der Waals surface area contributed by atoms with E-state index in [1.165, 1.54) is 41.5 Å². The molecule has 0 aromatic carbocycles. The summed E-state index contributed by atoms with van der Waals surface area (Å²) >= 11 is 1.83. The van der Waals surface area contributed by atoms with Crippen LogP contribution in [0.25, 0.3) is 10.2 Å². The molecule has 0 saturated heterocycles. The second-order valence-corrected chi connectivity index (χ2v) is 9.07. The molecule has 30 heavy (non-hydrogen) atoms. The Morgan fingerprint density at radius 2 is 2.17 bits per heavy atom. The van der Waals surface area contributed by atoms with Crippen LogP contribution in [0, 0.1) is 0 Å². The number of carbonyl (C=O) groups excluding carboxylic acids is 1. The van der Waals surface area contributed by atoms with Gasteiger partial charge in [0.15, 0.2) is 0 Å². The third kappa shape index (κ3) is 4.04. The van der Waals surface area contributed by atoms with Crippen LogP contribution in [0.3, 0.4) is 0 Å². The van der Waals surface area contributed by atoms with Gasteiger partial charge in [-0.1, -0.05) is 0 Å². The molecule has 0 aliphatic heterocycles. The zero-order valence-corrected chi connectivity index (χ0v) is 17.9. The van der Waals surface area contributed by atoms with Gasteiger partial charge in [-0.25, -0.2) is 9.97 Å². The van der Waals surface area contributed by atoms with Crippen molar-refractivity contribution < 1.29 is 9.53 Å². The lowest BCUT2D eigenvalue weighted by Gasteiger charge is -2.12. The van der Waals surface area contributed by atoms with E-state index in [4.69, 9.17) is 14.7 Å². The molecule has 0 bridgehead atoms. The van der Waals surface area contributed by atoms with Crippen molar-refractivity contribution in [1.82, 2.24) is 25.1 Å². The molecule has 0 atom stereocenters. The number of amides is 1. The number of thiophene rings is 1. The third-order valence-corrected chi connectivity index (χ3v) is 6.79. The molecule has 0 unspecified atom stereocenters. The van der Waals surface area contributed by atoms with Crippen LogP contribution in [0.2, 0.25) is 0 Å². The first-order valence-corrected chi connectivity index (χ1v) is 11.4. The van der Waals surface area contributed by atoms with Crippen LogP contribution in [0.5, 0.6) is 0 Å². The van der Waals surface area contributed by atoms with Gasteiger partial charge in [-0.15, -0.1) is 11.3 Å². The lowest BCUT2D eigenvalue weighted by Crippen LogP contribution is -2.30. The fourth-order valence-corrected chi connectivity index (χ4v) is 5.20. The fraction of sp³-hybridized carbons (Fsp3) is 0.524. The standard InChI is InChI=1S/C21H26N6O2S/c1-29-9-8-22-17(28)12-27-11-14(10-23-27)24-20-18-15-4-2-3-5-16(15)30-21(18)26-19(25-20)13-6-7-13/h10-11,13H,2-9,12H2,1H3,(H,22,28)(H,24,25,26). The summed E-state index contributed by atoms with van der Waals surface area (Å²) in [4.78, 5) is 24.4. The average molecular weight is 427 g/mol. The van der Waals surface area contributed by atoms with Gasteiger partial charge in [0, 0.05) is 30.6 Å². The number of hydrogen-bond acceptors (Lipinski definition) is 7. The van der Waals surface area contributed by atoms with Gasteiger partial charge < -0.3 is 15.4 Å². The van der Waals surface area contributed by atoms with Gasteiger partial charge in [0.25, 0.3) is 0 Å². The van der Waals surface area contributed by atoms with Gasteiger partial charge >= 0.3 is 0 Å². The SMILES string of the molecule is COCCNC(=O)Cn1cc(Nc2nc(C3CC3)nc3sc4c(c23)CCCC4)cn1. The van der Waals surface area contributed by atoms with Crippen molar-refractivity contribution in [1.29, 1.82) is 0 Å². The molecule has 158 valence electrons. The number of carbonyl (C=O) groups is 1. The van der Waals surface area contributed by atoms with E-state index in [1.54, 1.807) is 18.0 Å². The quantitative estimate of drug-likeness (QED) is 0.538. The van der Waals surface area contributed by atoms with E-state index in [-0.39, 0.29) is 12.5 Å². The zero-order chi connectivity index (χ0) is 20.5. The molecule has 3 aromatic rings. The second-order valence-electron chi connectivity index (χ2n) is 7.99. The highest BCUT2D eigenvalue weighted by Crippen LogP contribution is 2.43. The summed E-state index contributed by atoms with van der Waals surface area (Å²) < 4.78 is 6.59. The molecule has 1 amide bonds. The minimum atomic E-state index is -0.0888. The summed E-state index contributed by atoms with van der Waals surface area (Å²) in [6.45, 7) is 1.16. The monoisotopic (exact) mass is 426 g/mol. The van der Waals surface area contributed by atoms with Crippen LogP contribution < -0.4 is 10.6 Å². The summed E-state index contributed by atoms with van der Waals surface area (Å²) in [5, 5.41) is 11.8. The van der Waals surface area contributed by atoms with Crippen molar-refractivity contribution in [3.8, 4) is 0 Å². The number of nitrogens with one attached hydrogen (secondary N) is 2. The van der Waals surface area contributed by atoms with Crippen LogP contribution in [-0.4, -0.2) is 45.9 Å². The average Bonchev–Trinajstić information content (AvgIpc) is 3.39. The van der Waals surface area contributed by atoms with Crippen molar-refractivity contribution in [2.45, 2.75) is 51.0 Å². The number of fused-ring (bicyclic) bond motifs is 3. The predicted molar refractivity (Wildman–Crippen MR) is 116 cm³/mol. The van der Waals surface area contributed by atoms with Crippen LogP contribution in [-0.2, 0) is 28.9 Å². The normalized spacial score (nSPS) is 15.9. The number of rotatable bonds is 8. The number of methoxy groups -OCH3 is 1. The second kappa shape index (κ2) is 8.31. The van der Waals surface area contributed by atoms with Crippen LogP contribution in [0.4, 0.5) is 11.5 Å². The Morgan fingerprint density at radius 3 is 3.00 bits per heavy atom. The highest BCUT2D eigenvalue weighted by molar-refractivity contribution is 7.19.